The Labute approximate surface area is 155 Å². The van der Waals surface area contributed by atoms with Gasteiger partial charge in [-0.05, 0) is 47.2 Å². The van der Waals surface area contributed by atoms with Crippen molar-refractivity contribution in [2.75, 3.05) is 0 Å². The normalized spacial score (nSPS) is 10.7. The summed E-state index contributed by atoms with van der Waals surface area (Å²) in [6, 6.07) is 31.9. The fourth-order valence-electron chi connectivity index (χ4n) is 3.19. The number of aryl methyl sites for hydroxylation is 1. The highest BCUT2D eigenvalue weighted by Gasteiger charge is 2.06. The average molecular weight is 335 g/mol. The quantitative estimate of drug-likeness (QED) is 0.425. The molecule has 0 aliphatic rings. The van der Waals surface area contributed by atoms with E-state index in [1.54, 1.807) is 0 Å². The Hall–Kier alpha value is -3.19. The van der Waals surface area contributed by atoms with Crippen molar-refractivity contribution in [2.45, 2.75) is 13.3 Å². The molecule has 0 amide bonds. The van der Waals surface area contributed by atoms with Gasteiger partial charge in [0.1, 0.15) is 0 Å². The summed E-state index contributed by atoms with van der Waals surface area (Å²) >= 11 is 0. The van der Waals surface area contributed by atoms with Gasteiger partial charge in [-0.15, -0.1) is 0 Å². The smallest absolute Gasteiger partial charge is 0.0705 e. The first-order valence-electron chi connectivity index (χ1n) is 8.95. The fourth-order valence-corrected chi connectivity index (χ4v) is 3.19. The van der Waals surface area contributed by atoms with Crippen LogP contribution >= 0.6 is 0 Å². The minimum absolute atomic E-state index is 0.935. The molecule has 1 aromatic heterocycles. The Morgan fingerprint density at radius 1 is 0.654 bits per heavy atom. The lowest BCUT2D eigenvalue weighted by molar-refractivity contribution is 1.12. The van der Waals surface area contributed by atoms with Crippen LogP contribution in [0.3, 0.4) is 0 Å². The molecule has 1 heterocycles. The van der Waals surface area contributed by atoms with Crippen LogP contribution in [0.5, 0.6) is 0 Å². The first-order chi connectivity index (χ1) is 12.8. The Balaban J connectivity index is 1.63. The molecule has 0 N–H and O–H groups in total. The Kier molecular flexibility index (Phi) is 4.61. The van der Waals surface area contributed by atoms with Gasteiger partial charge in [0, 0.05) is 11.8 Å². The number of aromatic nitrogens is 1. The number of pyridine rings is 1. The van der Waals surface area contributed by atoms with Gasteiger partial charge in [0.2, 0.25) is 0 Å². The monoisotopic (exact) mass is 335 g/mol. The van der Waals surface area contributed by atoms with E-state index in [0.717, 1.165) is 17.7 Å². The van der Waals surface area contributed by atoms with Gasteiger partial charge in [-0.2, -0.15) is 0 Å². The highest BCUT2D eigenvalue weighted by Crippen LogP contribution is 2.25. The van der Waals surface area contributed by atoms with Crippen molar-refractivity contribution in [1.29, 1.82) is 0 Å². The molecule has 4 rings (SSSR count). The molecule has 126 valence electrons. The van der Waals surface area contributed by atoms with Crippen molar-refractivity contribution in [2.24, 2.45) is 0 Å². The third kappa shape index (κ3) is 3.57. The van der Waals surface area contributed by atoms with E-state index in [9.17, 15) is 0 Å². The van der Waals surface area contributed by atoms with Gasteiger partial charge in [-0.1, -0.05) is 84.9 Å². The zero-order valence-electron chi connectivity index (χ0n) is 14.9. The van der Waals surface area contributed by atoms with Gasteiger partial charge in [-0.3, -0.25) is 4.98 Å². The standard InChI is InChI=1S/C25H21N/c1-19-18-26-25(17-24(19)16-20-8-4-2-5-9-20)23-14-12-22(13-15-23)21-10-6-3-7-11-21/h2-15,17-18H,16H2,1H3. The Morgan fingerprint density at radius 3 is 1.92 bits per heavy atom. The van der Waals surface area contributed by atoms with Crippen LogP contribution in [-0.4, -0.2) is 4.98 Å². The van der Waals surface area contributed by atoms with Gasteiger partial charge in [-0.25, -0.2) is 0 Å². The maximum absolute atomic E-state index is 4.65. The minimum atomic E-state index is 0.935. The lowest BCUT2D eigenvalue weighted by atomic mass is 9.98. The molecule has 0 atom stereocenters. The summed E-state index contributed by atoms with van der Waals surface area (Å²) in [5.74, 6) is 0. The van der Waals surface area contributed by atoms with Gasteiger partial charge < -0.3 is 0 Å². The maximum atomic E-state index is 4.65. The van der Waals surface area contributed by atoms with Crippen molar-refractivity contribution >= 4 is 0 Å². The van der Waals surface area contributed by atoms with Crippen LogP contribution in [0.15, 0.2) is 97.2 Å². The van der Waals surface area contributed by atoms with Crippen molar-refractivity contribution in [3.63, 3.8) is 0 Å². The summed E-state index contributed by atoms with van der Waals surface area (Å²) in [7, 11) is 0. The van der Waals surface area contributed by atoms with Crippen molar-refractivity contribution in [3.8, 4) is 22.4 Å². The highest BCUT2D eigenvalue weighted by molar-refractivity contribution is 5.69. The van der Waals surface area contributed by atoms with E-state index < -0.39 is 0 Å². The summed E-state index contributed by atoms with van der Waals surface area (Å²) < 4.78 is 0. The van der Waals surface area contributed by atoms with Crippen LogP contribution in [0, 0.1) is 6.92 Å². The lowest BCUT2D eigenvalue weighted by Crippen LogP contribution is -1.95. The van der Waals surface area contributed by atoms with Gasteiger partial charge in [0.05, 0.1) is 5.69 Å². The van der Waals surface area contributed by atoms with Crippen LogP contribution in [0.4, 0.5) is 0 Å². The zero-order valence-corrected chi connectivity index (χ0v) is 14.9. The van der Waals surface area contributed by atoms with Crippen LogP contribution in [-0.2, 0) is 6.42 Å². The summed E-state index contributed by atoms with van der Waals surface area (Å²) in [6.45, 7) is 2.13. The van der Waals surface area contributed by atoms with Crippen LogP contribution < -0.4 is 0 Å². The third-order valence-electron chi connectivity index (χ3n) is 4.74. The van der Waals surface area contributed by atoms with Gasteiger partial charge in [0.15, 0.2) is 0 Å². The minimum Gasteiger partial charge on any atom is -0.256 e. The third-order valence-corrected chi connectivity index (χ3v) is 4.74. The van der Waals surface area contributed by atoms with Crippen molar-refractivity contribution < 1.29 is 0 Å². The number of nitrogens with zero attached hydrogens (tertiary/aromatic N) is 1. The molecule has 4 aromatic rings. The molecule has 0 bridgehead atoms. The summed E-state index contributed by atoms with van der Waals surface area (Å²) in [5.41, 5.74) is 8.53. The second-order valence-electron chi connectivity index (χ2n) is 6.60. The molecule has 26 heavy (non-hydrogen) atoms. The topological polar surface area (TPSA) is 12.9 Å². The number of benzene rings is 3. The molecule has 0 saturated heterocycles. The number of hydrogen-bond donors (Lipinski definition) is 0. The van der Waals surface area contributed by atoms with Crippen LogP contribution in [0.1, 0.15) is 16.7 Å². The zero-order chi connectivity index (χ0) is 17.8. The largest absolute Gasteiger partial charge is 0.256 e. The molecule has 1 heteroatoms. The maximum Gasteiger partial charge on any atom is 0.0705 e. The molecular weight excluding hydrogens is 314 g/mol. The Bertz CT molecular complexity index is 987. The van der Waals surface area contributed by atoms with E-state index in [4.69, 9.17) is 0 Å². The first kappa shape index (κ1) is 16.3. The molecule has 1 nitrogen and oxygen atoms in total. The van der Waals surface area contributed by atoms with E-state index in [1.807, 2.05) is 12.3 Å². The first-order valence-corrected chi connectivity index (χ1v) is 8.95. The molecule has 0 spiro atoms. The SMILES string of the molecule is Cc1cnc(-c2ccc(-c3ccccc3)cc2)cc1Cc1ccccc1. The van der Waals surface area contributed by atoms with E-state index >= 15 is 0 Å². The molecule has 0 radical (unpaired) electrons. The van der Waals surface area contributed by atoms with Gasteiger partial charge in [0.25, 0.3) is 0 Å². The fraction of sp³-hybridized carbons (Fsp3) is 0.0800. The van der Waals surface area contributed by atoms with E-state index in [-0.39, 0.29) is 0 Å². The predicted octanol–water partition coefficient (Wildman–Crippen LogP) is 6.31. The molecule has 3 aromatic carbocycles. The summed E-state index contributed by atoms with van der Waals surface area (Å²) in [5, 5.41) is 0. The summed E-state index contributed by atoms with van der Waals surface area (Å²) in [6.07, 6.45) is 2.92. The lowest BCUT2D eigenvalue weighted by Gasteiger charge is -2.10. The molecule has 0 aliphatic heterocycles. The highest BCUT2D eigenvalue weighted by atomic mass is 14.7. The second kappa shape index (κ2) is 7.37. The van der Waals surface area contributed by atoms with Crippen molar-refractivity contribution in [1.82, 2.24) is 4.98 Å². The predicted molar refractivity (Wildman–Crippen MR) is 109 cm³/mol. The van der Waals surface area contributed by atoms with E-state index in [1.165, 1.54) is 27.8 Å². The van der Waals surface area contributed by atoms with Crippen LogP contribution in [0.2, 0.25) is 0 Å². The molecule has 0 aliphatic carbocycles. The number of rotatable bonds is 4. The number of hydrogen-bond acceptors (Lipinski definition) is 1. The molecule has 0 unspecified atom stereocenters. The van der Waals surface area contributed by atoms with Crippen molar-refractivity contribution in [3.05, 3.63) is 114 Å². The second-order valence-corrected chi connectivity index (χ2v) is 6.60. The summed E-state index contributed by atoms with van der Waals surface area (Å²) in [4.78, 5) is 4.65. The van der Waals surface area contributed by atoms with E-state index in [2.05, 4.69) is 96.8 Å². The Morgan fingerprint density at radius 2 is 1.23 bits per heavy atom. The molecule has 0 fully saturated rings. The van der Waals surface area contributed by atoms with Crippen LogP contribution in [0.25, 0.3) is 22.4 Å². The van der Waals surface area contributed by atoms with E-state index in [0.29, 0.717) is 0 Å². The molecule has 0 saturated carbocycles. The average Bonchev–Trinajstić information content (AvgIpc) is 2.71. The molecular formula is C25H21N. The van der Waals surface area contributed by atoms with Gasteiger partial charge >= 0.3 is 0 Å².